The highest BCUT2D eigenvalue weighted by atomic mass is 16.5. The van der Waals surface area contributed by atoms with Gasteiger partial charge in [0.2, 0.25) is 0 Å². The molecule has 3 rings (SSSR count). The van der Waals surface area contributed by atoms with Crippen LogP contribution in [0.4, 0.5) is 0 Å². The monoisotopic (exact) mass is 287 g/mol. The van der Waals surface area contributed by atoms with E-state index in [1.807, 2.05) is 36.1 Å². The maximum atomic E-state index is 5.43. The van der Waals surface area contributed by atoms with E-state index in [1.54, 1.807) is 14.2 Å². The minimum Gasteiger partial charge on any atom is -0.493 e. The van der Waals surface area contributed by atoms with Crippen LogP contribution in [0, 0.1) is 0 Å². The maximum absolute atomic E-state index is 5.43. The Bertz CT molecular complexity index is 632. The van der Waals surface area contributed by atoms with Crippen molar-refractivity contribution >= 4 is 0 Å². The molecule has 0 amide bonds. The first-order valence-corrected chi connectivity index (χ1v) is 7.19. The van der Waals surface area contributed by atoms with Gasteiger partial charge in [-0.05, 0) is 30.5 Å². The SMILES string of the molecule is COc1cc(CNC2CC2)c(-c2nccn2C)cc1OC. The molecule has 1 heterocycles. The zero-order valence-electron chi connectivity index (χ0n) is 12.7. The lowest BCUT2D eigenvalue weighted by Gasteiger charge is -2.15. The summed E-state index contributed by atoms with van der Waals surface area (Å²) < 4.78 is 12.9. The van der Waals surface area contributed by atoms with Crippen molar-refractivity contribution in [2.45, 2.75) is 25.4 Å². The van der Waals surface area contributed by atoms with Gasteiger partial charge in [-0.2, -0.15) is 0 Å². The number of aryl methyl sites for hydroxylation is 1. The summed E-state index contributed by atoms with van der Waals surface area (Å²) in [5.74, 6) is 2.41. The highest BCUT2D eigenvalue weighted by Gasteiger charge is 2.22. The van der Waals surface area contributed by atoms with Crippen LogP contribution in [0.5, 0.6) is 11.5 Å². The number of nitrogens with one attached hydrogen (secondary N) is 1. The van der Waals surface area contributed by atoms with Gasteiger partial charge in [-0.3, -0.25) is 0 Å². The molecule has 112 valence electrons. The van der Waals surface area contributed by atoms with Gasteiger partial charge < -0.3 is 19.4 Å². The second-order valence-electron chi connectivity index (χ2n) is 5.38. The molecule has 1 fully saturated rings. The predicted molar refractivity (Wildman–Crippen MR) is 81.6 cm³/mol. The number of ether oxygens (including phenoxy) is 2. The fraction of sp³-hybridized carbons (Fsp3) is 0.438. The molecule has 1 aliphatic carbocycles. The first-order chi connectivity index (χ1) is 10.2. The normalized spacial score (nSPS) is 14.2. The second-order valence-corrected chi connectivity index (χ2v) is 5.38. The highest BCUT2D eigenvalue weighted by Crippen LogP contribution is 2.35. The first kappa shape index (κ1) is 13.9. The van der Waals surface area contributed by atoms with E-state index in [0.29, 0.717) is 6.04 Å². The van der Waals surface area contributed by atoms with Crippen molar-refractivity contribution in [2.24, 2.45) is 7.05 Å². The first-order valence-electron chi connectivity index (χ1n) is 7.19. The third-order valence-corrected chi connectivity index (χ3v) is 3.83. The van der Waals surface area contributed by atoms with Crippen LogP contribution in [0.1, 0.15) is 18.4 Å². The number of aromatic nitrogens is 2. The molecule has 1 N–H and O–H groups in total. The molecule has 0 saturated heterocycles. The van der Waals surface area contributed by atoms with Gasteiger partial charge in [0.15, 0.2) is 11.5 Å². The molecule has 0 aliphatic heterocycles. The molecular weight excluding hydrogens is 266 g/mol. The van der Waals surface area contributed by atoms with E-state index in [0.717, 1.165) is 29.4 Å². The van der Waals surface area contributed by atoms with Crippen LogP contribution in [0.25, 0.3) is 11.4 Å². The van der Waals surface area contributed by atoms with E-state index in [1.165, 1.54) is 18.4 Å². The molecule has 5 heteroatoms. The second kappa shape index (κ2) is 5.77. The zero-order chi connectivity index (χ0) is 14.8. The number of nitrogens with zero attached hydrogens (tertiary/aromatic N) is 2. The van der Waals surface area contributed by atoms with Crippen molar-refractivity contribution < 1.29 is 9.47 Å². The smallest absolute Gasteiger partial charge is 0.161 e. The Kier molecular flexibility index (Phi) is 3.84. The van der Waals surface area contributed by atoms with E-state index in [4.69, 9.17) is 9.47 Å². The molecule has 1 saturated carbocycles. The van der Waals surface area contributed by atoms with Crippen LogP contribution < -0.4 is 14.8 Å². The Morgan fingerprint density at radius 1 is 1.24 bits per heavy atom. The van der Waals surface area contributed by atoms with Crippen LogP contribution >= 0.6 is 0 Å². The lowest BCUT2D eigenvalue weighted by atomic mass is 10.0. The van der Waals surface area contributed by atoms with Crippen molar-refractivity contribution in [1.82, 2.24) is 14.9 Å². The van der Waals surface area contributed by atoms with Gasteiger partial charge in [-0.25, -0.2) is 4.98 Å². The third kappa shape index (κ3) is 2.88. The molecule has 21 heavy (non-hydrogen) atoms. The molecule has 0 atom stereocenters. The molecule has 0 radical (unpaired) electrons. The minimum atomic E-state index is 0.660. The lowest BCUT2D eigenvalue weighted by Crippen LogP contribution is -2.16. The highest BCUT2D eigenvalue weighted by molar-refractivity contribution is 5.66. The molecule has 2 aromatic rings. The summed E-state index contributed by atoms with van der Waals surface area (Å²) in [5, 5.41) is 3.55. The number of hydrogen-bond donors (Lipinski definition) is 1. The minimum absolute atomic E-state index is 0.660. The number of imidazole rings is 1. The zero-order valence-corrected chi connectivity index (χ0v) is 12.7. The van der Waals surface area contributed by atoms with Crippen molar-refractivity contribution in [1.29, 1.82) is 0 Å². The molecule has 5 nitrogen and oxygen atoms in total. The molecule has 1 aromatic carbocycles. The summed E-state index contributed by atoms with van der Waals surface area (Å²) >= 11 is 0. The summed E-state index contributed by atoms with van der Waals surface area (Å²) in [5.41, 5.74) is 2.25. The fourth-order valence-electron chi connectivity index (χ4n) is 2.44. The van der Waals surface area contributed by atoms with E-state index in [-0.39, 0.29) is 0 Å². The standard InChI is InChI=1S/C16H21N3O2/c1-19-7-6-17-16(19)13-9-15(21-3)14(20-2)8-11(13)10-18-12-4-5-12/h6-9,12,18H,4-5,10H2,1-3H3. The Hall–Kier alpha value is -2.01. The van der Waals surface area contributed by atoms with Crippen molar-refractivity contribution in [3.05, 3.63) is 30.1 Å². The molecule has 0 bridgehead atoms. The Morgan fingerprint density at radius 2 is 1.95 bits per heavy atom. The van der Waals surface area contributed by atoms with E-state index >= 15 is 0 Å². The number of benzene rings is 1. The molecular formula is C16H21N3O2. The van der Waals surface area contributed by atoms with Crippen molar-refractivity contribution in [3.8, 4) is 22.9 Å². The Balaban J connectivity index is 2.02. The summed E-state index contributed by atoms with van der Waals surface area (Å²) in [6, 6.07) is 4.70. The quantitative estimate of drug-likeness (QED) is 0.886. The molecule has 0 unspecified atom stereocenters. The fourth-order valence-corrected chi connectivity index (χ4v) is 2.44. The average molecular weight is 287 g/mol. The summed E-state index contributed by atoms with van der Waals surface area (Å²) in [7, 11) is 5.32. The largest absolute Gasteiger partial charge is 0.493 e. The summed E-state index contributed by atoms with van der Waals surface area (Å²) in [6.45, 7) is 0.813. The Morgan fingerprint density at radius 3 is 2.52 bits per heavy atom. The molecule has 1 aliphatic rings. The van der Waals surface area contributed by atoms with Gasteiger partial charge in [0.1, 0.15) is 5.82 Å². The topological polar surface area (TPSA) is 48.3 Å². The van der Waals surface area contributed by atoms with Crippen LogP contribution in [0.2, 0.25) is 0 Å². The predicted octanol–water partition coefficient (Wildman–Crippen LogP) is 2.36. The van der Waals surface area contributed by atoms with E-state index in [2.05, 4.69) is 10.3 Å². The van der Waals surface area contributed by atoms with Gasteiger partial charge in [-0.1, -0.05) is 0 Å². The van der Waals surface area contributed by atoms with Crippen molar-refractivity contribution in [3.63, 3.8) is 0 Å². The van der Waals surface area contributed by atoms with Crippen LogP contribution in [-0.4, -0.2) is 29.8 Å². The summed E-state index contributed by atoms with van der Waals surface area (Å²) in [6.07, 6.45) is 6.30. The summed E-state index contributed by atoms with van der Waals surface area (Å²) in [4.78, 5) is 4.46. The maximum Gasteiger partial charge on any atom is 0.161 e. The van der Waals surface area contributed by atoms with Crippen LogP contribution in [0.15, 0.2) is 24.5 Å². The van der Waals surface area contributed by atoms with Gasteiger partial charge in [0, 0.05) is 37.6 Å². The van der Waals surface area contributed by atoms with E-state index in [9.17, 15) is 0 Å². The number of hydrogen-bond acceptors (Lipinski definition) is 4. The van der Waals surface area contributed by atoms with E-state index < -0.39 is 0 Å². The lowest BCUT2D eigenvalue weighted by molar-refractivity contribution is 0.354. The van der Waals surface area contributed by atoms with Crippen molar-refractivity contribution in [2.75, 3.05) is 14.2 Å². The van der Waals surface area contributed by atoms with Gasteiger partial charge in [0.25, 0.3) is 0 Å². The number of methoxy groups -OCH3 is 2. The van der Waals surface area contributed by atoms with Crippen LogP contribution in [-0.2, 0) is 13.6 Å². The van der Waals surface area contributed by atoms with Gasteiger partial charge in [0.05, 0.1) is 14.2 Å². The molecule has 1 aromatic heterocycles. The third-order valence-electron chi connectivity index (χ3n) is 3.83. The average Bonchev–Trinajstić information content (AvgIpc) is 3.24. The number of rotatable bonds is 6. The molecule has 0 spiro atoms. The van der Waals surface area contributed by atoms with Gasteiger partial charge >= 0.3 is 0 Å². The van der Waals surface area contributed by atoms with Crippen LogP contribution in [0.3, 0.4) is 0 Å². The van der Waals surface area contributed by atoms with Gasteiger partial charge in [-0.15, -0.1) is 0 Å². The Labute approximate surface area is 124 Å².